The molecule has 6 heteroatoms. The lowest BCUT2D eigenvalue weighted by atomic mass is 10.1. The number of aryl methyl sites for hydroxylation is 1. The Bertz CT molecular complexity index is 1010. The van der Waals surface area contributed by atoms with E-state index in [9.17, 15) is 9.59 Å². The standard InChI is InChI=1S/C23H22N2O3S/c1-15-6-5-9-17(12-15)23-25-19(14-29-23)13-20(26)28-21(16-7-3-2-4-8-16)22(27)24-18-10-11-18/h2-9,12,14,18,21H,10-11,13H2,1H3,(H,24,27)/t21-/m0/s1. The van der Waals surface area contributed by atoms with Crippen LogP contribution in [-0.2, 0) is 20.7 Å². The van der Waals surface area contributed by atoms with Crippen LogP contribution in [0.4, 0.5) is 0 Å². The zero-order valence-corrected chi connectivity index (χ0v) is 16.9. The van der Waals surface area contributed by atoms with Crippen LogP contribution in [-0.4, -0.2) is 22.9 Å². The molecule has 1 aliphatic rings. The van der Waals surface area contributed by atoms with Gasteiger partial charge in [0.1, 0.15) is 5.01 Å². The van der Waals surface area contributed by atoms with Gasteiger partial charge >= 0.3 is 5.97 Å². The maximum absolute atomic E-state index is 12.6. The third kappa shape index (κ3) is 5.09. The first kappa shape index (κ1) is 19.3. The first-order chi connectivity index (χ1) is 14.1. The molecule has 1 saturated carbocycles. The number of ether oxygens (including phenoxy) is 1. The molecule has 1 N–H and O–H groups in total. The molecule has 2 aromatic carbocycles. The number of amides is 1. The van der Waals surface area contributed by atoms with Crippen LogP contribution in [0.15, 0.2) is 60.0 Å². The molecule has 1 atom stereocenters. The fraction of sp³-hybridized carbons (Fsp3) is 0.261. The van der Waals surface area contributed by atoms with E-state index < -0.39 is 12.1 Å². The normalized spacial score (nSPS) is 14.2. The molecule has 148 valence electrons. The van der Waals surface area contributed by atoms with Crippen molar-refractivity contribution in [2.45, 2.75) is 38.3 Å². The van der Waals surface area contributed by atoms with E-state index in [0.717, 1.165) is 29.0 Å². The van der Waals surface area contributed by atoms with Gasteiger partial charge in [0.05, 0.1) is 12.1 Å². The number of nitrogens with zero attached hydrogens (tertiary/aromatic N) is 1. The van der Waals surface area contributed by atoms with Crippen LogP contribution in [0.1, 0.15) is 35.8 Å². The van der Waals surface area contributed by atoms with Crippen molar-refractivity contribution in [2.24, 2.45) is 0 Å². The molecule has 4 rings (SSSR count). The largest absolute Gasteiger partial charge is 0.447 e. The minimum absolute atomic E-state index is 0.0301. The monoisotopic (exact) mass is 406 g/mol. The van der Waals surface area contributed by atoms with Crippen molar-refractivity contribution >= 4 is 23.2 Å². The van der Waals surface area contributed by atoms with Crippen molar-refractivity contribution in [3.8, 4) is 10.6 Å². The third-order valence-electron chi connectivity index (χ3n) is 4.66. The Kier molecular flexibility index (Phi) is 5.71. The number of thiazole rings is 1. The van der Waals surface area contributed by atoms with E-state index >= 15 is 0 Å². The Balaban J connectivity index is 1.44. The summed E-state index contributed by atoms with van der Waals surface area (Å²) < 4.78 is 5.58. The average molecular weight is 407 g/mol. The van der Waals surface area contributed by atoms with E-state index in [0.29, 0.717) is 11.3 Å². The molecule has 5 nitrogen and oxygen atoms in total. The molecule has 29 heavy (non-hydrogen) atoms. The summed E-state index contributed by atoms with van der Waals surface area (Å²) in [5, 5.41) is 5.65. The summed E-state index contributed by atoms with van der Waals surface area (Å²) in [6, 6.07) is 17.4. The molecule has 1 fully saturated rings. The minimum atomic E-state index is -0.945. The summed E-state index contributed by atoms with van der Waals surface area (Å²) in [4.78, 5) is 29.7. The molecule has 0 saturated heterocycles. The van der Waals surface area contributed by atoms with Crippen LogP contribution in [0.2, 0.25) is 0 Å². The lowest BCUT2D eigenvalue weighted by molar-refractivity contribution is -0.156. The Hall–Kier alpha value is -2.99. The van der Waals surface area contributed by atoms with Crippen molar-refractivity contribution in [1.29, 1.82) is 0 Å². The number of rotatable bonds is 7. The Morgan fingerprint density at radius 3 is 2.69 bits per heavy atom. The fourth-order valence-electron chi connectivity index (χ4n) is 3.03. The van der Waals surface area contributed by atoms with Crippen LogP contribution >= 0.6 is 11.3 Å². The summed E-state index contributed by atoms with van der Waals surface area (Å²) in [6.45, 7) is 2.03. The molecule has 0 unspecified atom stereocenters. The highest BCUT2D eigenvalue weighted by atomic mass is 32.1. The van der Waals surface area contributed by atoms with Crippen LogP contribution in [0.25, 0.3) is 10.6 Å². The number of carbonyl (C=O) groups is 2. The van der Waals surface area contributed by atoms with Gasteiger partial charge in [-0.25, -0.2) is 4.98 Å². The summed E-state index contributed by atoms with van der Waals surface area (Å²) in [5.41, 5.74) is 3.50. The molecule has 0 aliphatic heterocycles. The predicted molar refractivity (Wildman–Crippen MR) is 112 cm³/mol. The second-order valence-electron chi connectivity index (χ2n) is 7.25. The molecular formula is C23H22N2O3S. The minimum Gasteiger partial charge on any atom is -0.447 e. The summed E-state index contributed by atoms with van der Waals surface area (Å²) in [6.07, 6.45) is 1.03. The van der Waals surface area contributed by atoms with Crippen molar-refractivity contribution in [3.63, 3.8) is 0 Å². The number of hydrogen-bond donors (Lipinski definition) is 1. The highest BCUT2D eigenvalue weighted by Crippen LogP contribution is 2.26. The van der Waals surface area contributed by atoms with Crippen molar-refractivity contribution in [1.82, 2.24) is 10.3 Å². The van der Waals surface area contributed by atoms with Crippen molar-refractivity contribution in [2.75, 3.05) is 0 Å². The van der Waals surface area contributed by atoms with Crippen LogP contribution < -0.4 is 5.32 Å². The Labute approximate surface area is 173 Å². The first-order valence-corrected chi connectivity index (χ1v) is 10.5. The molecule has 0 radical (unpaired) electrons. The number of aromatic nitrogens is 1. The summed E-state index contributed by atoms with van der Waals surface area (Å²) in [7, 11) is 0. The smallest absolute Gasteiger partial charge is 0.313 e. The number of benzene rings is 2. The highest BCUT2D eigenvalue weighted by Gasteiger charge is 2.30. The Morgan fingerprint density at radius 2 is 1.97 bits per heavy atom. The second kappa shape index (κ2) is 8.57. The fourth-order valence-corrected chi connectivity index (χ4v) is 3.84. The predicted octanol–water partition coefficient (Wildman–Crippen LogP) is 4.22. The van der Waals surface area contributed by atoms with Gasteiger partial charge in [-0.2, -0.15) is 0 Å². The maximum atomic E-state index is 12.6. The van der Waals surface area contributed by atoms with Crippen LogP contribution in [0.3, 0.4) is 0 Å². The number of nitrogens with one attached hydrogen (secondary N) is 1. The molecular weight excluding hydrogens is 384 g/mol. The van der Waals surface area contributed by atoms with Gasteiger partial charge in [-0.05, 0) is 25.8 Å². The average Bonchev–Trinajstić information content (AvgIpc) is 3.41. The summed E-state index contributed by atoms with van der Waals surface area (Å²) >= 11 is 1.49. The van der Waals surface area contributed by atoms with E-state index in [4.69, 9.17) is 4.74 Å². The molecule has 1 amide bonds. The first-order valence-electron chi connectivity index (χ1n) is 9.65. The van der Waals surface area contributed by atoms with E-state index in [1.165, 1.54) is 11.3 Å². The third-order valence-corrected chi connectivity index (χ3v) is 5.60. The van der Waals surface area contributed by atoms with Gasteiger partial charge in [0.25, 0.3) is 5.91 Å². The van der Waals surface area contributed by atoms with Gasteiger partial charge < -0.3 is 10.1 Å². The maximum Gasteiger partial charge on any atom is 0.313 e. The zero-order valence-electron chi connectivity index (χ0n) is 16.1. The molecule has 1 aliphatic carbocycles. The van der Waals surface area contributed by atoms with Crippen LogP contribution in [0.5, 0.6) is 0 Å². The lowest BCUT2D eigenvalue weighted by Crippen LogP contribution is -2.33. The quantitative estimate of drug-likeness (QED) is 0.597. The van der Waals surface area contributed by atoms with E-state index in [1.807, 2.05) is 48.7 Å². The lowest BCUT2D eigenvalue weighted by Gasteiger charge is -2.17. The Morgan fingerprint density at radius 1 is 1.17 bits per heavy atom. The topological polar surface area (TPSA) is 68.3 Å². The van der Waals surface area contributed by atoms with E-state index in [-0.39, 0.29) is 18.4 Å². The van der Waals surface area contributed by atoms with E-state index in [1.54, 1.807) is 12.1 Å². The van der Waals surface area contributed by atoms with Crippen LogP contribution in [0, 0.1) is 6.92 Å². The molecule has 0 spiro atoms. The van der Waals surface area contributed by atoms with Gasteiger partial charge in [-0.15, -0.1) is 11.3 Å². The number of carbonyl (C=O) groups excluding carboxylic acids is 2. The summed E-state index contributed by atoms with van der Waals surface area (Å²) in [5.74, 6) is -0.739. The van der Waals surface area contributed by atoms with Gasteiger partial charge in [0.15, 0.2) is 0 Å². The van der Waals surface area contributed by atoms with E-state index in [2.05, 4.69) is 16.4 Å². The van der Waals surface area contributed by atoms with Gasteiger partial charge in [-0.3, -0.25) is 9.59 Å². The molecule has 3 aromatic rings. The van der Waals surface area contributed by atoms with Gasteiger partial charge in [0.2, 0.25) is 6.10 Å². The highest BCUT2D eigenvalue weighted by molar-refractivity contribution is 7.13. The molecule has 1 aromatic heterocycles. The SMILES string of the molecule is Cc1cccc(-c2nc(CC(=O)O[C@H](C(=O)NC3CC3)c3ccccc3)cs2)c1. The number of esters is 1. The second-order valence-corrected chi connectivity index (χ2v) is 8.11. The van der Waals surface area contributed by atoms with Crippen molar-refractivity contribution in [3.05, 3.63) is 76.8 Å². The van der Waals surface area contributed by atoms with Crippen molar-refractivity contribution < 1.29 is 14.3 Å². The van der Waals surface area contributed by atoms with Gasteiger partial charge in [-0.1, -0.05) is 54.1 Å². The van der Waals surface area contributed by atoms with Gasteiger partial charge in [0, 0.05) is 22.5 Å². The zero-order chi connectivity index (χ0) is 20.2. The molecule has 1 heterocycles. The number of hydrogen-bond acceptors (Lipinski definition) is 5. The molecule has 0 bridgehead atoms.